The molecule has 1 aromatic heterocycles. The number of halogens is 3. The molecule has 0 spiro atoms. The number of rotatable bonds is 5. The number of ether oxygens (including phenoxy) is 1. The maximum atomic E-state index is 13.5. The number of esters is 1. The molecule has 0 bridgehead atoms. The first-order valence-electron chi connectivity index (χ1n) is 7.47. The van der Waals surface area contributed by atoms with Crippen LogP contribution < -0.4 is 4.74 Å². The van der Waals surface area contributed by atoms with Crippen molar-refractivity contribution in [1.29, 1.82) is 0 Å². The maximum Gasteiger partial charge on any atom is 0.419 e. The van der Waals surface area contributed by atoms with Crippen LogP contribution in [-0.4, -0.2) is 16.8 Å². The van der Waals surface area contributed by atoms with Crippen molar-refractivity contribution in [2.45, 2.75) is 0 Å². The number of carbonyl (C=O) groups excluding carboxylic acids is 1. The van der Waals surface area contributed by atoms with Crippen molar-refractivity contribution < 1.29 is 27.3 Å². The third-order valence-electron chi connectivity index (χ3n) is 3.40. The third kappa shape index (κ3) is 4.18. The van der Waals surface area contributed by atoms with Crippen molar-refractivity contribution >= 4 is 33.8 Å². The van der Waals surface area contributed by atoms with Crippen molar-refractivity contribution in [2.24, 2.45) is 0 Å². The topological polar surface area (TPSA) is 40.6 Å². The lowest BCUT2D eigenvalue weighted by Gasteiger charge is -2.11. The van der Waals surface area contributed by atoms with Gasteiger partial charge in [0.25, 0.3) is 0 Å². The van der Waals surface area contributed by atoms with Crippen LogP contribution in [0.5, 0.6) is 5.75 Å². The standard InChI is InChI=1S/C19H12BrF2NO3/c20-14-7-9-15(10-8-14)23(19(21)22)12-13-4-1-2-5-16(13)26-18(24)17-6-3-11-25-17/h1-12H. The molecule has 0 aliphatic heterocycles. The van der Waals surface area contributed by atoms with Crippen LogP contribution in [0.25, 0.3) is 0 Å². The highest BCUT2D eigenvalue weighted by molar-refractivity contribution is 9.10. The summed E-state index contributed by atoms with van der Waals surface area (Å²) in [4.78, 5) is 12.1. The van der Waals surface area contributed by atoms with E-state index in [1.807, 2.05) is 0 Å². The minimum Gasteiger partial charge on any atom is -0.426 e. The molecule has 3 aromatic rings. The Hall–Kier alpha value is -2.93. The molecule has 0 aliphatic carbocycles. The molecule has 0 unspecified atom stereocenters. The highest BCUT2D eigenvalue weighted by Crippen LogP contribution is 2.25. The van der Waals surface area contributed by atoms with Crippen LogP contribution in [-0.2, 0) is 0 Å². The SMILES string of the molecule is O=C(Oc1ccccc1/C=[N+](/c1ccc(Br)cc1)[C-](F)F)[c-]1ccc[o+]1. The molecular formula is C19H12BrF2NO3. The Kier molecular flexibility index (Phi) is 5.48. The van der Waals surface area contributed by atoms with E-state index >= 15 is 0 Å². The lowest BCUT2D eigenvalue weighted by molar-refractivity contribution is -0.480. The van der Waals surface area contributed by atoms with Gasteiger partial charge in [0.2, 0.25) is 0 Å². The van der Waals surface area contributed by atoms with Gasteiger partial charge in [-0.1, -0.05) is 52.3 Å². The number of hydrogen-bond acceptors (Lipinski definition) is 2. The average Bonchev–Trinajstić information content (AvgIpc) is 3.16. The van der Waals surface area contributed by atoms with Crippen molar-refractivity contribution in [2.75, 3.05) is 0 Å². The minimum absolute atomic E-state index is 0.0211. The summed E-state index contributed by atoms with van der Waals surface area (Å²) >= 11 is 3.27. The van der Waals surface area contributed by atoms with Gasteiger partial charge in [0.15, 0.2) is 6.26 Å². The minimum atomic E-state index is -1.92. The van der Waals surface area contributed by atoms with Crippen molar-refractivity contribution in [3.05, 3.63) is 89.3 Å². The third-order valence-corrected chi connectivity index (χ3v) is 3.93. The molecule has 4 nitrogen and oxygen atoms in total. The Labute approximate surface area is 156 Å². The van der Waals surface area contributed by atoms with Gasteiger partial charge in [-0.15, -0.1) is 6.07 Å². The molecule has 0 aliphatic rings. The molecule has 0 fully saturated rings. The van der Waals surface area contributed by atoms with Gasteiger partial charge >= 0.3 is 18.3 Å². The summed E-state index contributed by atoms with van der Waals surface area (Å²) in [6, 6.07) is 15.8. The number of benzene rings is 2. The van der Waals surface area contributed by atoms with E-state index in [4.69, 9.17) is 9.15 Å². The van der Waals surface area contributed by atoms with Gasteiger partial charge < -0.3 is 9.15 Å². The van der Waals surface area contributed by atoms with E-state index < -0.39 is 12.5 Å². The zero-order valence-corrected chi connectivity index (χ0v) is 14.8. The van der Waals surface area contributed by atoms with E-state index in [1.165, 1.54) is 36.7 Å². The Bertz CT molecular complexity index is 922. The first-order chi connectivity index (χ1) is 12.5. The molecule has 1 heterocycles. The first kappa shape index (κ1) is 17.9. The van der Waals surface area contributed by atoms with Gasteiger partial charge in [0.1, 0.15) is 11.4 Å². The monoisotopic (exact) mass is 419 g/mol. The van der Waals surface area contributed by atoms with Crippen molar-refractivity contribution in [3.8, 4) is 5.75 Å². The van der Waals surface area contributed by atoms with E-state index in [1.54, 1.807) is 36.4 Å². The first-order valence-corrected chi connectivity index (χ1v) is 8.26. The normalized spacial score (nSPS) is 11.3. The predicted octanol–water partition coefficient (Wildman–Crippen LogP) is 5.41. The summed E-state index contributed by atoms with van der Waals surface area (Å²) in [6.45, 7) is -1.92. The smallest absolute Gasteiger partial charge is 0.419 e. The van der Waals surface area contributed by atoms with Crippen molar-refractivity contribution in [1.82, 2.24) is 0 Å². The van der Waals surface area contributed by atoms with Crippen LogP contribution in [0.1, 0.15) is 16.1 Å². The number of furan rings is 1. The number of nitrogens with zero attached hydrogens (tertiary/aromatic N) is 1. The summed E-state index contributed by atoms with van der Waals surface area (Å²) in [5.74, 6) is -0.555. The van der Waals surface area contributed by atoms with E-state index in [0.717, 1.165) is 4.47 Å². The number of hydrogen-bond donors (Lipinski definition) is 0. The average molecular weight is 420 g/mol. The Morgan fingerprint density at radius 3 is 2.54 bits per heavy atom. The Morgan fingerprint density at radius 1 is 1.15 bits per heavy atom. The van der Waals surface area contributed by atoms with Gasteiger partial charge in [-0.25, -0.2) is 0 Å². The fraction of sp³-hybridized carbons (Fsp3) is 0. The van der Waals surface area contributed by atoms with Crippen LogP contribution in [0, 0.1) is 6.55 Å². The van der Waals surface area contributed by atoms with Crippen LogP contribution in [0.4, 0.5) is 14.5 Å². The lowest BCUT2D eigenvalue weighted by atomic mass is 10.2. The molecule has 0 atom stereocenters. The predicted molar refractivity (Wildman–Crippen MR) is 94.8 cm³/mol. The van der Waals surface area contributed by atoms with Gasteiger partial charge in [0, 0.05) is 10.0 Å². The molecule has 7 heteroatoms. The summed E-state index contributed by atoms with van der Waals surface area (Å²) < 4.78 is 38.7. The molecule has 2 aromatic carbocycles. The van der Waals surface area contributed by atoms with Crippen LogP contribution in [0.3, 0.4) is 0 Å². The molecule has 0 saturated heterocycles. The van der Waals surface area contributed by atoms with Gasteiger partial charge in [-0.3, -0.25) is 9.37 Å². The second-order valence-corrected chi connectivity index (χ2v) is 6.04. The van der Waals surface area contributed by atoms with Crippen molar-refractivity contribution in [3.63, 3.8) is 0 Å². The van der Waals surface area contributed by atoms with Crippen LogP contribution in [0.2, 0.25) is 0 Å². The Balaban J connectivity index is 1.96. The van der Waals surface area contributed by atoms with E-state index in [0.29, 0.717) is 10.1 Å². The fourth-order valence-corrected chi connectivity index (χ4v) is 2.45. The molecule has 0 N–H and O–H groups in total. The number of para-hydroxylation sites is 1. The zero-order chi connectivity index (χ0) is 18.5. The van der Waals surface area contributed by atoms with Gasteiger partial charge in [-0.2, -0.15) is 8.78 Å². The fourth-order valence-electron chi connectivity index (χ4n) is 2.19. The van der Waals surface area contributed by atoms with Gasteiger partial charge in [-0.05, 0) is 18.2 Å². The summed E-state index contributed by atoms with van der Waals surface area (Å²) in [7, 11) is 0. The Morgan fingerprint density at radius 2 is 1.88 bits per heavy atom. The summed E-state index contributed by atoms with van der Waals surface area (Å²) in [6.07, 6.45) is 2.54. The molecular weight excluding hydrogens is 408 g/mol. The largest absolute Gasteiger partial charge is 0.426 e. The highest BCUT2D eigenvalue weighted by atomic mass is 79.9. The van der Waals surface area contributed by atoms with Gasteiger partial charge in [0.05, 0.1) is 6.21 Å². The molecule has 0 radical (unpaired) electrons. The quantitative estimate of drug-likeness (QED) is 0.105. The van der Waals surface area contributed by atoms with Crippen LogP contribution in [0.15, 0.2) is 75.8 Å². The number of carbonyl (C=O) groups is 1. The zero-order valence-electron chi connectivity index (χ0n) is 13.2. The highest BCUT2D eigenvalue weighted by Gasteiger charge is 2.18. The lowest BCUT2D eigenvalue weighted by Crippen LogP contribution is -2.12. The second-order valence-electron chi connectivity index (χ2n) is 5.12. The van der Waals surface area contributed by atoms with Crippen LogP contribution >= 0.6 is 15.9 Å². The molecule has 132 valence electrons. The molecule has 0 saturated carbocycles. The van der Waals surface area contributed by atoms with E-state index in [9.17, 15) is 13.6 Å². The summed E-state index contributed by atoms with van der Waals surface area (Å²) in [5.41, 5.74) is 0.573. The second kappa shape index (κ2) is 7.97. The molecule has 3 rings (SSSR count). The molecule has 26 heavy (non-hydrogen) atoms. The maximum absolute atomic E-state index is 13.5. The summed E-state index contributed by atoms with van der Waals surface area (Å²) in [5, 5.41) is 0. The molecule has 0 amide bonds. The van der Waals surface area contributed by atoms with E-state index in [2.05, 4.69) is 15.9 Å². The van der Waals surface area contributed by atoms with E-state index in [-0.39, 0.29) is 17.2 Å².